The van der Waals surface area contributed by atoms with E-state index in [-0.39, 0.29) is 5.41 Å². The first-order valence-corrected chi connectivity index (χ1v) is 6.41. The second-order valence-electron chi connectivity index (χ2n) is 4.84. The average Bonchev–Trinajstić information content (AvgIpc) is 2.80. The predicted octanol–water partition coefficient (Wildman–Crippen LogP) is 2.94. The van der Waals surface area contributed by atoms with Crippen LogP contribution in [0.5, 0.6) is 0 Å². The summed E-state index contributed by atoms with van der Waals surface area (Å²) in [7, 11) is 1.86. The Morgan fingerprint density at radius 2 is 2.00 bits per heavy atom. The lowest BCUT2D eigenvalue weighted by Gasteiger charge is -2.18. The summed E-state index contributed by atoms with van der Waals surface area (Å²) in [5.74, 6) is 1.51. The molecule has 0 spiro atoms. The number of hydrogen-bond acceptors (Lipinski definition) is 5. The highest BCUT2D eigenvalue weighted by Crippen LogP contribution is 2.25. The first-order chi connectivity index (χ1) is 8.00. The fraction of sp³-hybridized carbons (Fsp3) is 0.417. The van der Waals surface area contributed by atoms with Crippen LogP contribution in [0.3, 0.4) is 0 Å². The Balaban J connectivity index is 2.54. The van der Waals surface area contributed by atoms with E-state index in [0.717, 1.165) is 17.2 Å². The van der Waals surface area contributed by atoms with E-state index < -0.39 is 0 Å². The van der Waals surface area contributed by atoms with Gasteiger partial charge in [-0.25, -0.2) is 15.0 Å². The number of rotatable bonds is 2. The van der Waals surface area contributed by atoms with E-state index in [1.54, 1.807) is 16.8 Å². The lowest BCUT2D eigenvalue weighted by Crippen LogP contribution is -2.15. The van der Waals surface area contributed by atoms with Crippen molar-refractivity contribution in [3.8, 4) is 11.5 Å². The van der Waals surface area contributed by atoms with Crippen LogP contribution in [0, 0.1) is 0 Å². The number of nitrogens with one attached hydrogen (secondary N) is 1. The molecule has 17 heavy (non-hydrogen) atoms. The summed E-state index contributed by atoms with van der Waals surface area (Å²) in [6.45, 7) is 6.42. The molecule has 0 aromatic carbocycles. The van der Waals surface area contributed by atoms with Crippen LogP contribution in [0.2, 0.25) is 0 Å². The van der Waals surface area contributed by atoms with E-state index in [0.29, 0.717) is 5.82 Å². The van der Waals surface area contributed by atoms with Gasteiger partial charge in [-0.05, 0) is 0 Å². The zero-order chi connectivity index (χ0) is 12.5. The number of aromatic nitrogens is 3. The molecule has 0 saturated heterocycles. The minimum absolute atomic E-state index is 0.000683. The van der Waals surface area contributed by atoms with Gasteiger partial charge < -0.3 is 5.32 Å². The molecule has 5 heteroatoms. The predicted molar refractivity (Wildman–Crippen MR) is 71.4 cm³/mol. The molecule has 0 atom stereocenters. The zero-order valence-corrected chi connectivity index (χ0v) is 11.3. The minimum atomic E-state index is -0.000683. The van der Waals surface area contributed by atoms with E-state index in [1.807, 2.05) is 18.5 Å². The Morgan fingerprint density at radius 3 is 2.53 bits per heavy atom. The van der Waals surface area contributed by atoms with Gasteiger partial charge in [0.25, 0.3) is 0 Å². The summed E-state index contributed by atoms with van der Waals surface area (Å²) in [4.78, 5) is 13.3. The quantitative estimate of drug-likeness (QED) is 0.887. The van der Waals surface area contributed by atoms with Gasteiger partial charge in [0, 0.05) is 23.9 Å². The first kappa shape index (κ1) is 12.0. The number of thiazole rings is 1. The minimum Gasteiger partial charge on any atom is -0.373 e. The molecule has 0 aliphatic rings. The maximum Gasteiger partial charge on any atom is 0.181 e. The van der Waals surface area contributed by atoms with Gasteiger partial charge in [-0.3, -0.25) is 0 Å². The Bertz CT molecular complexity index is 500. The Labute approximate surface area is 105 Å². The van der Waals surface area contributed by atoms with Crippen molar-refractivity contribution in [1.29, 1.82) is 0 Å². The van der Waals surface area contributed by atoms with Gasteiger partial charge in [-0.2, -0.15) is 0 Å². The molecule has 0 fully saturated rings. The Morgan fingerprint density at radius 1 is 1.24 bits per heavy atom. The maximum absolute atomic E-state index is 4.59. The van der Waals surface area contributed by atoms with Gasteiger partial charge in [0.05, 0.1) is 11.2 Å². The molecule has 0 amide bonds. The van der Waals surface area contributed by atoms with Crippen molar-refractivity contribution in [3.05, 3.63) is 22.7 Å². The molecule has 0 aliphatic carbocycles. The summed E-state index contributed by atoms with van der Waals surface area (Å²) >= 11 is 1.55. The van der Waals surface area contributed by atoms with Crippen LogP contribution in [-0.2, 0) is 5.41 Å². The highest BCUT2D eigenvalue weighted by Gasteiger charge is 2.18. The van der Waals surface area contributed by atoms with Crippen LogP contribution in [0.4, 0.5) is 5.82 Å². The van der Waals surface area contributed by atoms with Crippen molar-refractivity contribution in [1.82, 2.24) is 15.0 Å². The molecule has 0 saturated carbocycles. The molecule has 2 rings (SSSR count). The van der Waals surface area contributed by atoms with Crippen LogP contribution in [0.15, 0.2) is 17.0 Å². The van der Waals surface area contributed by atoms with Crippen LogP contribution >= 0.6 is 11.3 Å². The third kappa shape index (κ3) is 2.61. The second-order valence-corrected chi connectivity index (χ2v) is 5.55. The topological polar surface area (TPSA) is 50.7 Å². The maximum atomic E-state index is 4.59. The van der Waals surface area contributed by atoms with Crippen LogP contribution < -0.4 is 5.32 Å². The third-order valence-corrected chi connectivity index (χ3v) is 3.00. The van der Waals surface area contributed by atoms with E-state index in [4.69, 9.17) is 0 Å². The van der Waals surface area contributed by atoms with Crippen molar-refractivity contribution >= 4 is 17.2 Å². The smallest absolute Gasteiger partial charge is 0.181 e. The molecule has 4 nitrogen and oxygen atoms in total. The van der Waals surface area contributed by atoms with Gasteiger partial charge in [-0.1, -0.05) is 20.8 Å². The van der Waals surface area contributed by atoms with Crippen molar-refractivity contribution in [2.24, 2.45) is 0 Å². The molecule has 0 radical (unpaired) electrons. The normalized spacial score (nSPS) is 11.5. The standard InChI is InChI=1S/C12H16N4S/c1-12(2,3)9-5-10(13-4)16-11(15-9)8-6-17-7-14-8/h5-7H,1-4H3,(H,13,15,16). The molecule has 0 bridgehead atoms. The molecular weight excluding hydrogens is 232 g/mol. The molecule has 90 valence electrons. The van der Waals surface area contributed by atoms with Crippen LogP contribution in [0.1, 0.15) is 26.5 Å². The number of nitrogens with zero attached hydrogens (tertiary/aromatic N) is 3. The SMILES string of the molecule is CNc1cc(C(C)(C)C)nc(-c2cscn2)n1. The van der Waals surface area contributed by atoms with E-state index in [1.165, 1.54) is 0 Å². The first-order valence-electron chi connectivity index (χ1n) is 5.46. The summed E-state index contributed by atoms with van der Waals surface area (Å²) < 4.78 is 0. The summed E-state index contributed by atoms with van der Waals surface area (Å²) in [5, 5.41) is 5.03. The largest absolute Gasteiger partial charge is 0.373 e. The average molecular weight is 248 g/mol. The summed E-state index contributed by atoms with van der Waals surface area (Å²) in [5.41, 5.74) is 3.64. The monoisotopic (exact) mass is 248 g/mol. The number of hydrogen-bond donors (Lipinski definition) is 1. The zero-order valence-electron chi connectivity index (χ0n) is 10.5. The van der Waals surface area contributed by atoms with Gasteiger partial charge >= 0.3 is 0 Å². The van der Waals surface area contributed by atoms with E-state index >= 15 is 0 Å². The van der Waals surface area contributed by atoms with Crippen molar-refractivity contribution in [2.75, 3.05) is 12.4 Å². The second kappa shape index (κ2) is 4.41. The fourth-order valence-electron chi connectivity index (χ4n) is 1.40. The van der Waals surface area contributed by atoms with E-state index in [2.05, 4.69) is 41.0 Å². The third-order valence-electron chi connectivity index (χ3n) is 2.41. The summed E-state index contributed by atoms with van der Waals surface area (Å²) in [6.07, 6.45) is 0. The molecular formula is C12H16N4S. The Hall–Kier alpha value is -1.49. The molecule has 2 aromatic heterocycles. The molecule has 2 heterocycles. The van der Waals surface area contributed by atoms with Gasteiger partial charge in [0.1, 0.15) is 11.5 Å². The van der Waals surface area contributed by atoms with Gasteiger partial charge in [-0.15, -0.1) is 11.3 Å². The van der Waals surface area contributed by atoms with Gasteiger partial charge in [0.2, 0.25) is 0 Å². The number of anilines is 1. The van der Waals surface area contributed by atoms with Crippen molar-refractivity contribution in [2.45, 2.75) is 26.2 Å². The lowest BCUT2D eigenvalue weighted by molar-refractivity contribution is 0.568. The molecule has 0 aliphatic heterocycles. The molecule has 2 aromatic rings. The fourth-order valence-corrected chi connectivity index (χ4v) is 1.93. The Kier molecular flexibility index (Phi) is 3.11. The van der Waals surface area contributed by atoms with Crippen molar-refractivity contribution in [3.63, 3.8) is 0 Å². The summed E-state index contributed by atoms with van der Waals surface area (Å²) in [6, 6.07) is 1.98. The highest BCUT2D eigenvalue weighted by molar-refractivity contribution is 7.07. The van der Waals surface area contributed by atoms with E-state index in [9.17, 15) is 0 Å². The molecule has 1 N–H and O–H groups in total. The molecule has 0 unspecified atom stereocenters. The van der Waals surface area contributed by atoms with Gasteiger partial charge in [0.15, 0.2) is 5.82 Å². The van der Waals surface area contributed by atoms with Crippen molar-refractivity contribution < 1.29 is 0 Å². The lowest BCUT2D eigenvalue weighted by atomic mass is 9.92. The van der Waals surface area contributed by atoms with Crippen LogP contribution in [0.25, 0.3) is 11.5 Å². The van der Waals surface area contributed by atoms with Crippen LogP contribution in [-0.4, -0.2) is 22.0 Å². The highest BCUT2D eigenvalue weighted by atomic mass is 32.1.